The van der Waals surface area contributed by atoms with Gasteiger partial charge in [0.15, 0.2) is 5.56 Å². The van der Waals surface area contributed by atoms with Gasteiger partial charge in [-0.3, -0.25) is 10.1 Å². The zero-order valence-corrected chi connectivity index (χ0v) is 9.08. The Bertz CT molecular complexity index is 435. The lowest BCUT2D eigenvalue weighted by Gasteiger charge is -2.03. The minimum absolute atomic E-state index is 0.274. The lowest BCUT2D eigenvalue weighted by molar-refractivity contribution is -0.385. The lowest BCUT2D eigenvalue weighted by atomic mass is 10.2. The second-order valence-corrected chi connectivity index (χ2v) is 3.30. The fourth-order valence-electron chi connectivity index (χ4n) is 0.989. The average Bonchev–Trinajstić information content (AvgIpc) is 2.20. The molecule has 0 radical (unpaired) electrons. The molecule has 0 saturated carbocycles. The minimum Gasteiger partial charge on any atom is -0.465 e. The highest BCUT2D eigenvalue weighted by Gasteiger charge is 2.26. The number of halogens is 2. The summed E-state index contributed by atoms with van der Waals surface area (Å²) >= 11 is 2.76. The number of nitrogens with zero attached hydrogens (tertiary/aromatic N) is 1. The van der Waals surface area contributed by atoms with E-state index in [2.05, 4.69) is 20.7 Å². The van der Waals surface area contributed by atoms with Gasteiger partial charge in [-0.2, -0.15) is 0 Å². The molecular weight excluding hydrogens is 273 g/mol. The third-order valence-corrected chi connectivity index (χ3v) is 2.43. The van der Waals surface area contributed by atoms with Gasteiger partial charge in [-0.15, -0.1) is 0 Å². The van der Waals surface area contributed by atoms with Gasteiger partial charge < -0.3 is 4.74 Å². The van der Waals surface area contributed by atoms with E-state index in [-0.39, 0.29) is 4.47 Å². The third kappa shape index (κ3) is 2.12. The van der Waals surface area contributed by atoms with Crippen LogP contribution >= 0.6 is 15.9 Å². The minimum atomic E-state index is -0.965. The summed E-state index contributed by atoms with van der Waals surface area (Å²) in [6, 6.07) is 1.81. The molecule has 0 amide bonds. The van der Waals surface area contributed by atoms with Crippen molar-refractivity contribution in [3.8, 4) is 0 Å². The molecule has 0 heterocycles. The molecule has 0 aliphatic rings. The van der Waals surface area contributed by atoms with Crippen molar-refractivity contribution in [3.63, 3.8) is 0 Å². The second kappa shape index (κ2) is 4.35. The normalized spacial score (nSPS) is 9.80. The molecule has 0 aliphatic carbocycles. The molecule has 0 N–H and O–H groups in total. The lowest BCUT2D eigenvalue weighted by Crippen LogP contribution is -2.07. The van der Waals surface area contributed by atoms with E-state index in [1.54, 1.807) is 0 Å². The predicted octanol–water partition coefficient (Wildman–Crippen LogP) is 2.28. The van der Waals surface area contributed by atoms with Gasteiger partial charge in [0, 0.05) is 6.07 Å². The number of nitro benzene ring substituents is 1. The molecule has 0 unspecified atom stereocenters. The molecule has 0 spiro atoms. The van der Waals surface area contributed by atoms with Gasteiger partial charge in [-0.05, 0) is 22.0 Å². The van der Waals surface area contributed by atoms with Gasteiger partial charge in [0.05, 0.1) is 16.5 Å². The number of hydrogen-bond acceptors (Lipinski definition) is 4. The Morgan fingerprint density at radius 3 is 2.67 bits per heavy atom. The number of carbonyl (C=O) groups excluding carboxylic acids is 1. The number of esters is 1. The van der Waals surface area contributed by atoms with E-state index in [9.17, 15) is 19.3 Å². The van der Waals surface area contributed by atoms with Crippen LogP contribution in [0.2, 0.25) is 0 Å². The molecule has 0 aromatic heterocycles. The topological polar surface area (TPSA) is 69.4 Å². The van der Waals surface area contributed by atoms with E-state index in [4.69, 9.17) is 0 Å². The fraction of sp³-hybridized carbons (Fsp3) is 0.125. The van der Waals surface area contributed by atoms with Gasteiger partial charge in [-0.1, -0.05) is 0 Å². The smallest absolute Gasteiger partial charge is 0.346 e. The van der Waals surface area contributed by atoms with Gasteiger partial charge in [0.25, 0.3) is 5.69 Å². The largest absolute Gasteiger partial charge is 0.465 e. The van der Waals surface area contributed by atoms with Crippen molar-refractivity contribution < 1.29 is 18.8 Å². The van der Waals surface area contributed by atoms with Crippen LogP contribution < -0.4 is 0 Å². The van der Waals surface area contributed by atoms with Gasteiger partial charge in [-0.25, -0.2) is 9.18 Å². The summed E-state index contributed by atoms with van der Waals surface area (Å²) in [6.45, 7) is 0. The van der Waals surface area contributed by atoms with E-state index in [1.807, 2.05) is 0 Å². The molecule has 15 heavy (non-hydrogen) atoms. The monoisotopic (exact) mass is 277 g/mol. The first kappa shape index (κ1) is 11.6. The van der Waals surface area contributed by atoms with Crippen LogP contribution in [0, 0.1) is 15.9 Å². The van der Waals surface area contributed by atoms with Crippen LogP contribution in [0.1, 0.15) is 10.4 Å². The van der Waals surface area contributed by atoms with Crippen LogP contribution in [0.25, 0.3) is 0 Å². The number of methoxy groups -OCH3 is 1. The first-order valence-corrected chi connectivity index (χ1v) is 4.49. The molecule has 80 valence electrons. The van der Waals surface area contributed by atoms with Crippen molar-refractivity contribution in [3.05, 3.63) is 38.1 Å². The van der Waals surface area contributed by atoms with Crippen LogP contribution in [-0.4, -0.2) is 18.0 Å². The second-order valence-electron chi connectivity index (χ2n) is 2.50. The number of ether oxygens (including phenoxy) is 1. The van der Waals surface area contributed by atoms with Crippen molar-refractivity contribution in [2.75, 3.05) is 7.11 Å². The number of nitro groups is 1. The van der Waals surface area contributed by atoms with Gasteiger partial charge in [0.1, 0.15) is 5.82 Å². The van der Waals surface area contributed by atoms with Crippen LogP contribution in [0.3, 0.4) is 0 Å². The van der Waals surface area contributed by atoms with Gasteiger partial charge in [0.2, 0.25) is 0 Å². The zero-order chi connectivity index (χ0) is 11.6. The SMILES string of the molecule is COC(=O)c1c([N+](=O)[O-])ccc(F)c1Br. The standard InChI is InChI=1S/C8H5BrFNO4/c1-15-8(12)6-5(11(13)14)3-2-4(10)7(6)9/h2-3H,1H3. The van der Waals surface area contributed by atoms with Crippen molar-refractivity contribution in [1.29, 1.82) is 0 Å². The molecule has 0 bridgehead atoms. The van der Waals surface area contributed by atoms with Crippen LogP contribution in [-0.2, 0) is 4.74 Å². The maximum absolute atomic E-state index is 13.0. The van der Waals surface area contributed by atoms with E-state index >= 15 is 0 Å². The summed E-state index contributed by atoms with van der Waals surface area (Å²) in [7, 11) is 1.06. The Balaban J connectivity index is 3.48. The van der Waals surface area contributed by atoms with Crippen LogP contribution in [0.4, 0.5) is 10.1 Å². The Kier molecular flexibility index (Phi) is 3.35. The molecule has 7 heteroatoms. The van der Waals surface area contributed by atoms with Crippen molar-refractivity contribution >= 4 is 27.6 Å². The van der Waals surface area contributed by atoms with Crippen molar-refractivity contribution in [2.45, 2.75) is 0 Å². The number of hydrogen-bond donors (Lipinski definition) is 0. The summed E-state index contributed by atoms with van der Waals surface area (Å²) in [5.74, 6) is -1.73. The van der Waals surface area contributed by atoms with Crippen LogP contribution in [0.5, 0.6) is 0 Å². The predicted molar refractivity (Wildman–Crippen MR) is 52.1 cm³/mol. The number of carbonyl (C=O) groups is 1. The van der Waals surface area contributed by atoms with Crippen molar-refractivity contribution in [1.82, 2.24) is 0 Å². The highest BCUT2D eigenvalue weighted by Crippen LogP contribution is 2.29. The number of rotatable bonds is 2. The number of benzene rings is 1. The van der Waals surface area contributed by atoms with E-state index < -0.39 is 28.0 Å². The van der Waals surface area contributed by atoms with E-state index in [0.29, 0.717) is 0 Å². The van der Waals surface area contributed by atoms with E-state index in [0.717, 1.165) is 19.2 Å². The molecule has 0 saturated heterocycles. The summed E-state index contributed by atoms with van der Waals surface area (Å²) in [4.78, 5) is 21.0. The molecular formula is C8H5BrFNO4. The Morgan fingerprint density at radius 1 is 1.60 bits per heavy atom. The fourth-order valence-corrected chi connectivity index (χ4v) is 1.49. The summed E-state index contributed by atoms with van der Waals surface area (Å²) < 4.78 is 17.1. The van der Waals surface area contributed by atoms with Gasteiger partial charge >= 0.3 is 5.97 Å². The summed E-state index contributed by atoms with van der Waals surface area (Å²) in [6.07, 6.45) is 0. The highest BCUT2D eigenvalue weighted by molar-refractivity contribution is 9.10. The third-order valence-electron chi connectivity index (χ3n) is 1.66. The highest BCUT2D eigenvalue weighted by atomic mass is 79.9. The Hall–Kier alpha value is -1.50. The average molecular weight is 278 g/mol. The molecule has 1 rings (SSSR count). The molecule has 5 nitrogen and oxygen atoms in total. The first-order chi connectivity index (χ1) is 6.99. The molecule has 0 aliphatic heterocycles. The maximum Gasteiger partial charge on any atom is 0.346 e. The maximum atomic E-state index is 13.0. The first-order valence-electron chi connectivity index (χ1n) is 3.69. The van der Waals surface area contributed by atoms with Crippen LogP contribution in [0.15, 0.2) is 16.6 Å². The molecule has 1 aromatic rings. The molecule has 1 aromatic carbocycles. The Morgan fingerprint density at radius 2 is 2.20 bits per heavy atom. The Labute approximate surface area is 92.1 Å². The molecule has 0 atom stereocenters. The summed E-state index contributed by atoms with van der Waals surface area (Å²) in [5.41, 5.74) is -0.933. The van der Waals surface area contributed by atoms with E-state index in [1.165, 1.54) is 0 Å². The zero-order valence-electron chi connectivity index (χ0n) is 7.49. The summed E-state index contributed by atoms with van der Waals surface area (Å²) in [5, 5.41) is 10.6. The quantitative estimate of drug-likeness (QED) is 0.472. The molecule has 0 fully saturated rings. The van der Waals surface area contributed by atoms with Crippen molar-refractivity contribution in [2.24, 2.45) is 0 Å².